The van der Waals surface area contributed by atoms with Crippen LogP contribution in [0.2, 0.25) is 5.02 Å². The first kappa shape index (κ1) is 15.1. The molecule has 0 bridgehead atoms. The summed E-state index contributed by atoms with van der Waals surface area (Å²) >= 11 is 5.64. The third-order valence-electron chi connectivity index (χ3n) is 3.04. The van der Waals surface area contributed by atoms with Gasteiger partial charge in [0.15, 0.2) is 0 Å². The predicted molar refractivity (Wildman–Crippen MR) is 80.0 cm³/mol. The zero-order valence-corrected chi connectivity index (χ0v) is 13.1. The fraction of sp³-hybridized carbons (Fsp3) is 0. The molecule has 2 heterocycles. The van der Waals surface area contributed by atoms with Gasteiger partial charge in [0.05, 0.1) is 10.5 Å². The smallest absolute Gasteiger partial charge is 0.239 e. The van der Waals surface area contributed by atoms with Crippen LogP contribution in [0.5, 0.6) is 0 Å². The van der Waals surface area contributed by atoms with Gasteiger partial charge in [0.2, 0.25) is 0 Å². The van der Waals surface area contributed by atoms with Gasteiger partial charge in [-0.05, 0) is 30.3 Å². The molecule has 0 N–H and O–H groups in total. The molecule has 0 aliphatic carbocycles. The van der Waals surface area contributed by atoms with Gasteiger partial charge in [0.25, 0.3) is 0 Å². The van der Waals surface area contributed by atoms with Crippen molar-refractivity contribution in [1.82, 2.24) is 7.94 Å². The van der Waals surface area contributed by atoms with Crippen molar-refractivity contribution < 1.29 is 21.2 Å². The number of rotatable bonds is 3. The van der Waals surface area contributed by atoms with Crippen molar-refractivity contribution in [3.05, 3.63) is 59.8 Å². The molecule has 0 unspecified atom stereocenters. The van der Waals surface area contributed by atoms with Crippen molar-refractivity contribution in [2.24, 2.45) is 0 Å². The van der Waals surface area contributed by atoms with Gasteiger partial charge in [0, 0.05) is 24.0 Å². The molecule has 0 radical (unpaired) electrons. The Balaban J connectivity index is 2.29. The Bertz CT molecular complexity index is 1070. The van der Waals surface area contributed by atoms with E-state index in [4.69, 9.17) is 11.6 Å². The van der Waals surface area contributed by atoms with Crippen LogP contribution in [0.4, 0.5) is 4.39 Å². The topological polar surface area (TPSA) is 78.1 Å². The number of benzene rings is 1. The summed E-state index contributed by atoms with van der Waals surface area (Å²) in [5.41, 5.74) is -0.0258. The highest BCUT2D eigenvalue weighted by atomic mass is 35.5. The molecule has 116 valence electrons. The van der Waals surface area contributed by atoms with Crippen LogP contribution in [0.15, 0.2) is 48.9 Å². The monoisotopic (exact) mass is 362 g/mol. The molecule has 3 rings (SSSR count). The Morgan fingerprint density at radius 2 is 1.59 bits per heavy atom. The Hall–Kier alpha value is -1.84. The van der Waals surface area contributed by atoms with Gasteiger partial charge < -0.3 is 0 Å². The van der Waals surface area contributed by atoms with E-state index in [1.54, 1.807) is 0 Å². The number of nitrogens with zero attached hydrogens (tertiary/aromatic N) is 2. The standard InChI is InChI=1S/C12H8ClFN2O4S2/c13-10-8-12-9(7-11(10)14)3-6-16(12)22(19,20)21(17,18)15-4-1-2-5-15/h1-8H. The highest BCUT2D eigenvalue weighted by Gasteiger charge is 2.34. The van der Waals surface area contributed by atoms with Crippen LogP contribution in [-0.2, 0) is 18.1 Å². The van der Waals surface area contributed by atoms with Crippen LogP contribution >= 0.6 is 11.6 Å². The summed E-state index contributed by atoms with van der Waals surface area (Å²) in [5, 5.41) is -0.0887. The number of fused-ring (bicyclic) bond motifs is 1. The fourth-order valence-corrected chi connectivity index (χ4v) is 5.55. The van der Waals surface area contributed by atoms with Crippen molar-refractivity contribution in [2.75, 3.05) is 0 Å². The molecule has 1 aromatic carbocycles. The Labute approximate surface area is 129 Å². The number of hydrogen-bond acceptors (Lipinski definition) is 4. The first-order chi connectivity index (χ1) is 10.2. The van der Waals surface area contributed by atoms with Gasteiger partial charge in [0.1, 0.15) is 5.82 Å². The highest BCUT2D eigenvalue weighted by Crippen LogP contribution is 2.26. The van der Waals surface area contributed by atoms with Crippen molar-refractivity contribution in [3.8, 4) is 0 Å². The molecule has 2 aromatic heterocycles. The van der Waals surface area contributed by atoms with Gasteiger partial charge in [-0.3, -0.25) is 0 Å². The molecule has 0 fully saturated rings. The van der Waals surface area contributed by atoms with Gasteiger partial charge >= 0.3 is 18.1 Å². The zero-order valence-electron chi connectivity index (χ0n) is 10.7. The summed E-state index contributed by atoms with van der Waals surface area (Å²) in [7, 11) is -9.52. The summed E-state index contributed by atoms with van der Waals surface area (Å²) in [6.07, 6.45) is 3.24. The predicted octanol–water partition coefficient (Wildman–Crippen LogP) is 2.21. The molecular weight excluding hydrogens is 355 g/mol. The quantitative estimate of drug-likeness (QED) is 0.669. The van der Waals surface area contributed by atoms with Gasteiger partial charge in [-0.15, -0.1) is 0 Å². The average Bonchev–Trinajstić information content (AvgIpc) is 3.08. The van der Waals surface area contributed by atoms with Gasteiger partial charge in [-0.25, -0.2) is 12.3 Å². The first-order valence-corrected chi connectivity index (χ1v) is 9.63. The fourth-order valence-electron chi connectivity index (χ4n) is 1.98. The second-order valence-electron chi connectivity index (χ2n) is 4.37. The third kappa shape index (κ3) is 2.04. The molecule has 22 heavy (non-hydrogen) atoms. The Morgan fingerprint density at radius 1 is 0.955 bits per heavy atom. The summed E-state index contributed by atoms with van der Waals surface area (Å²) in [5.74, 6) is -0.724. The van der Waals surface area contributed by atoms with Crippen molar-refractivity contribution >= 4 is 40.6 Å². The maximum absolute atomic E-state index is 13.4. The van der Waals surface area contributed by atoms with E-state index in [9.17, 15) is 21.2 Å². The molecule has 10 heteroatoms. The first-order valence-electron chi connectivity index (χ1n) is 5.85. The minimum atomic E-state index is -4.80. The van der Waals surface area contributed by atoms with E-state index in [2.05, 4.69) is 0 Å². The molecule has 0 aliphatic heterocycles. The van der Waals surface area contributed by atoms with Crippen molar-refractivity contribution in [2.45, 2.75) is 0 Å². The molecule has 0 spiro atoms. The van der Waals surface area contributed by atoms with Crippen LogP contribution in [0.3, 0.4) is 0 Å². The molecule has 3 aromatic rings. The van der Waals surface area contributed by atoms with Crippen LogP contribution < -0.4 is 0 Å². The van der Waals surface area contributed by atoms with E-state index >= 15 is 0 Å². The Morgan fingerprint density at radius 3 is 2.23 bits per heavy atom. The van der Waals surface area contributed by atoms with Crippen LogP contribution in [-0.4, -0.2) is 24.8 Å². The normalized spacial score (nSPS) is 12.8. The molecule has 0 atom stereocenters. The summed E-state index contributed by atoms with van der Waals surface area (Å²) < 4.78 is 63.9. The second kappa shape index (κ2) is 4.83. The van der Waals surface area contributed by atoms with E-state index in [-0.39, 0.29) is 15.9 Å². The van der Waals surface area contributed by atoms with Gasteiger partial charge in [-0.2, -0.15) is 16.8 Å². The lowest BCUT2D eigenvalue weighted by Gasteiger charge is -2.09. The highest BCUT2D eigenvalue weighted by molar-refractivity contribution is 8.66. The lowest BCUT2D eigenvalue weighted by atomic mass is 10.2. The molecular formula is C12H8ClFN2O4S2. The van der Waals surface area contributed by atoms with E-state index in [1.807, 2.05) is 0 Å². The summed E-state index contributed by atoms with van der Waals surface area (Å²) in [6.45, 7) is 0. The van der Waals surface area contributed by atoms with Crippen molar-refractivity contribution in [3.63, 3.8) is 0 Å². The van der Waals surface area contributed by atoms with Crippen LogP contribution in [0.1, 0.15) is 0 Å². The van der Waals surface area contributed by atoms with Crippen LogP contribution in [0.25, 0.3) is 10.9 Å². The van der Waals surface area contributed by atoms with Crippen LogP contribution in [0, 0.1) is 5.82 Å². The van der Waals surface area contributed by atoms with Crippen molar-refractivity contribution in [1.29, 1.82) is 0 Å². The number of hydrogen-bond donors (Lipinski definition) is 0. The van der Waals surface area contributed by atoms with E-state index in [0.29, 0.717) is 7.94 Å². The van der Waals surface area contributed by atoms with E-state index < -0.39 is 23.9 Å². The summed E-state index contributed by atoms with van der Waals surface area (Å²) in [6, 6.07) is 6.15. The molecule has 6 nitrogen and oxygen atoms in total. The number of aromatic nitrogens is 2. The molecule has 0 aliphatic rings. The zero-order chi connectivity index (χ0) is 16.1. The third-order valence-corrected chi connectivity index (χ3v) is 8.02. The molecule has 0 saturated heterocycles. The summed E-state index contributed by atoms with van der Waals surface area (Å²) in [4.78, 5) is 0. The lowest BCUT2D eigenvalue weighted by Crippen LogP contribution is -2.27. The maximum atomic E-state index is 13.4. The van der Waals surface area contributed by atoms with E-state index in [0.717, 1.165) is 30.7 Å². The van der Waals surface area contributed by atoms with Gasteiger partial charge in [-0.1, -0.05) is 11.6 Å². The Kier molecular flexibility index (Phi) is 3.31. The SMILES string of the molecule is O=S(=O)(n1cccc1)S(=O)(=O)n1ccc2cc(F)c(Cl)cc21. The van der Waals surface area contributed by atoms with E-state index in [1.165, 1.54) is 18.2 Å². The lowest BCUT2D eigenvalue weighted by molar-refractivity contribution is 0.574. The maximum Gasteiger partial charge on any atom is 0.364 e. The molecule has 0 saturated carbocycles. The number of halogens is 2. The molecule has 0 amide bonds. The minimum Gasteiger partial charge on any atom is -0.239 e. The largest absolute Gasteiger partial charge is 0.364 e. The second-order valence-corrected chi connectivity index (χ2v) is 9.83. The minimum absolute atomic E-state index is 0.0258. The average molecular weight is 363 g/mol.